The zero-order valence-electron chi connectivity index (χ0n) is 16.9. The lowest BCUT2D eigenvalue weighted by molar-refractivity contribution is 0.0884. The quantitative estimate of drug-likeness (QED) is 0.536. The Morgan fingerprint density at radius 2 is 1.97 bits per heavy atom. The van der Waals surface area contributed by atoms with Crippen molar-refractivity contribution in [1.29, 1.82) is 0 Å². The number of aromatic nitrogens is 4. The van der Waals surface area contributed by atoms with Gasteiger partial charge in [0.25, 0.3) is 0 Å². The third-order valence-electron chi connectivity index (χ3n) is 5.37. The maximum Gasteiger partial charge on any atom is 0.247 e. The SMILES string of the molecule is COc1ccc(CCC(=O)n2nc(C)c(Cc3c[nH]c4ncccc34)c2C)cc1. The second-order valence-electron chi connectivity index (χ2n) is 7.19. The molecule has 4 aromatic rings. The molecule has 3 aromatic heterocycles. The third kappa shape index (κ3) is 3.78. The number of methoxy groups -OCH3 is 1. The first-order valence-corrected chi connectivity index (χ1v) is 9.69. The number of nitrogens with zero attached hydrogens (tertiary/aromatic N) is 3. The van der Waals surface area contributed by atoms with E-state index in [1.807, 2.05) is 50.4 Å². The fourth-order valence-corrected chi connectivity index (χ4v) is 3.67. The van der Waals surface area contributed by atoms with E-state index in [1.54, 1.807) is 18.0 Å². The Labute approximate surface area is 169 Å². The van der Waals surface area contributed by atoms with Gasteiger partial charge in [-0.15, -0.1) is 0 Å². The number of ether oxygens (including phenoxy) is 1. The van der Waals surface area contributed by atoms with Gasteiger partial charge >= 0.3 is 0 Å². The molecule has 0 atom stereocenters. The molecule has 0 unspecified atom stereocenters. The van der Waals surface area contributed by atoms with E-state index >= 15 is 0 Å². The van der Waals surface area contributed by atoms with Crippen LogP contribution in [0.15, 0.2) is 48.8 Å². The maximum absolute atomic E-state index is 12.8. The predicted octanol–water partition coefficient (Wildman–Crippen LogP) is 4.25. The van der Waals surface area contributed by atoms with Crippen molar-refractivity contribution in [3.05, 3.63) is 76.9 Å². The maximum atomic E-state index is 12.8. The second-order valence-corrected chi connectivity index (χ2v) is 7.19. The number of H-pyrrole nitrogens is 1. The van der Waals surface area contributed by atoms with Gasteiger partial charge in [-0.2, -0.15) is 5.10 Å². The number of rotatable bonds is 6. The molecule has 6 nitrogen and oxygen atoms in total. The normalized spacial score (nSPS) is 11.1. The average molecular weight is 388 g/mol. The number of nitrogens with one attached hydrogen (secondary N) is 1. The van der Waals surface area contributed by atoms with Gasteiger partial charge in [-0.05, 0) is 55.7 Å². The first-order chi connectivity index (χ1) is 14.1. The number of hydrogen-bond donors (Lipinski definition) is 1. The molecule has 148 valence electrons. The number of aromatic amines is 1. The van der Waals surface area contributed by atoms with E-state index in [2.05, 4.69) is 21.1 Å². The van der Waals surface area contributed by atoms with Gasteiger partial charge in [0.15, 0.2) is 0 Å². The number of hydrogen-bond acceptors (Lipinski definition) is 4. The Balaban J connectivity index is 1.50. The van der Waals surface area contributed by atoms with Crippen LogP contribution in [0.1, 0.15) is 39.3 Å². The summed E-state index contributed by atoms with van der Waals surface area (Å²) < 4.78 is 6.74. The van der Waals surface area contributed by atoms with Crippen LogP contribution < -0.4 is 4.74 Å². The molecule has 0 radical (unpaired) electrons. The molecule has 0 amide bonds. The molecule has 0 aliphatic carbocycles. The van der Waals surface area contributed by atoms with Crippen molar-refractivity contribution in [2.75, 3.05) is 7.11 Å². The van der Waals surface area contributed by atoms with Gasteiger partial charge in [-0.3, -0.25) is 4.79 Å². The van der Waals surface area contributed by atoms with Crippen LogP contribution >= 0.6 is 0 Å². The summed E-state index contributed by atoms with van der Waals surface area (Å²) in [4.78, 5) is 20.4. The number of carbonyl (C=O) groups is 1. The van der Waals surface area contributed by atoms with Crippen LogP contribution in [0.2, 0.25) is 0 Å². The molecule has 4 rings (SSSR count). The van der Waals surface area contributed by atoms with E-state index in [4.69, 9.17) is 4.74 Å². The van der Waals surface area contributed by atoms with Crippen LogP contribution in [0, 0.1) is 13.8 Å². The lowest BCUT2D eigenvalue weighted by atomic mass is 10.0. The number of fused-ring (bicyclic) bond motifs is 1. The predicted molar refractivity (Wildman–Crippen MR) is 113 cm³/mol. The zero-order chi connectivity index (χ0) is 20.4. The number of carbonyl (C=O) groups excluding carboxylic acids is 1. The van der Waals surface area contributed by atoms with Crippen molar-refractivity contribution in [1.82, 2.24) is 19.7 Å². The molecular formula is C23H24N4O2. The topological polar surface area (TPSA) is 72.8 Å². The largest absolute Gasteiger partial charge is 0.497 e. The van der Waals surface area contributed by atoms with Crippen molar-refractivity contribution in [3.63, 3.8) is 0 Å². The fraction of sp³-hybridized carbons (Fsp3) is 0.261. The Morgan fingerprint density at radius 3 is 2.72 bits per heavy atom. The number of aryl methyl sites for hydroxylation is 2. The summed E-state index contributed by atoms with van der Waals surface area (Å²) in [7, 11) is 1.64. The van der Waals surface area contributed by atoms with Crippen molar-refractivity contribution in [2.24, 2.45) is 0 Å². The average Bonchev–Trinajstić information content (AvgIpc) is 3.28. The van der Waals surface area contributed by atoms with Crippen LogP contribution in [0.4, 0.5) is 0 Å². The van der Waals surface area contributed by atoms with Gasteiger partial charge in [0, 0.05) is 41.9 Å². The Kier molecular flexibility index (Phi) is 5.16. The molecule has 0 aliphatic heterocycles. The molecule has 1 aromatic carbocycles. The van der Waals surface area contributed by atoms with Crippen LogP contribution in [-0.4, -0.2) is 32.8 Å². The molecule has 1 N–H and O–H groups in total. The molecule has 0 saturated carbocycles. The Morgan fingerprint density at radius 1 is 1.17 bits per heavy atom. The molecule has 0 bridgehead atoms. The summed E-state index contributed by atoms with van der Waals surface area (Å²) in [5, 5.41) is 5.63. The summed E-state index contributed by atoms with van der Waals surface area (Å²) in [6, 6.07) is 11.8. The zero-order valence-corrected chi connectivity index (χ0v) is 16.9. The van der Waals surface area contributed by atoms with E-state index in [9.17, 15) is 4.79 Å². The van der Waals surface area contributed by atoms with E-state index < -0.39 is 0 Å². The van der Waals surface area contributed by atoms with Gasteiger partial charge < -0.3 is 9.72 Å². The molecule has 29 heavy (non-hydrogen) atoms. The lowest BCUT2D eigenvalue weighted by Crippen LogP contribution is -2.15. The second kappa shape index (κ2) is 7.91. The standard InChI is InChI=1S/C23H24N4O2/c1-15-21(13-18-14-25-23-20(18)5-4-12-24-23)16(2)27(26-15)22(28)11-8-17-6-9-19(29-3)10-7-17/h4-7,9-10,12,14H,8,11,13H2,1-3H3,(H,24,25). The van der Waals surface area contributed by atoms with Gasteiger partial charge in [0.2, 0.25) is 5.91 Å². The molecule has 3 heterocycles. The van der Waals surface area contributed by atoms with E-state index in [0.29, 0.717) is 12.8 Å². The van der Waals surface area contributed by atoms with Crippen LogP contribution in [0.3, 0.4) is 0 Å². The summed E-state index contributed by atoms with van der Waals surface area (Å²) >= 11 is 0. The molecule has 0 spiro atoms. The highest BCUT2D eigenvalue weighted by Gasteiger charge is 2.18. The fourth-order valence-electron chi connectivity index (χ4n) is 3.67. The van der Waals surface area contributed by atoms with Gasteiger partial charge in [-0.1, -0.05) is 12.1 Å². The number of pyridine rings is 1. The highest BCUT2D eigenvalue weighted by molar-refractivity contribution is 5.81. The highest BCUT2D eigenvalue weighted by Crippen LogP contribution is 2.23. The van der Waals surface area contributed by atoms with Crippen LogP contribution in [-0.2, 0) is 12.8 Å². The van der Waals surface area contributed by atoms with E-state index in [-0.39, 0.29) is 5.91 Å². The highest BCUT2D eigenvalue weighted by atomic mass is 16.5. The minimum absolute atomic E-state index is 0.00765. The third-order valence-corrected chi connectivity index (χ3v) is 5.37. The van der Waals surface area contributed by atoms with Gasteiger partial charge in [0.1, 0.15) is 11.4 Å². The summed E-state index contributed by atoms with van der Waals surface area (Å²) in [5.41, 5.74) is 6.02. The lowest BCUT2D eigenvalue weighted by Gasteiger charge is -2.06. The minimum Gasteiger partial charge on any atom is -0.497 e. The van der Waals surface area contributed by atoms with Crippen molar-refractivity contribution in [2.45, 2.75) is 33.1 Å². The molecule has 6 heteroatoms. The monoisotopic (exact) mass is 388 g/mol. The summed E-state index contributed by atoms with van der Waals surface area (Å²) in [5.74, 6) is 0.823. The molecular weight excluding hydrogens is 364 g/mol. The Bertz CT molecular complexity index is 1160. The molecule has 0 fully saturated rings. The number of benzene rings is 1. The minimum atomic E-state index is 0.00765. The van der Waals surface area contributed by atoms with Crippen molar-refractivity contribution in [3.8, 4) is 5.75 Å². The van der Waals surface area contributed by atoms with Gasteiger partial charge in [-0.25, -0.2) is 9.67 Å². The Hall–Kier alpha value is -3.41. The van der Waals surface area contributed by atoms with Crippen molar-refractivity contribution >= 4 is 16.9 Å². The first kappa shape index (κ1) is 18.9. The van der Waals surface area contributed by atoms with Crippen LogP contribution in [0.25, 0.3) is 11.0 Å². The summed E-state index contributed by atoms with van der Waals surface area (Å²) in [6.07, 6.45) is 5.56. The molecule has 0 saturated heterocycles. The van der Waals surface area contributed by atoms with Crippen LogP contribution in [0.5, 0.6) is 5.75 Å². The summed E-state index contributed by atoms with van der Waals surface area (Å²) in [6.45, 7) is 3.93. The van der Waals surface area contributed by atoms with E-state index in [0.717, 1.165) is 51.3 Å². The molecule has 0 aliphatic rings. The smallest absolute Gasteiger partial charge is 0.247 e. The first-order valence-electron chi connectivity index (χ1n) is 9.69. The van der Waals surface area contributed by atoms with E-state index in [1.165, 1.54) is 0 Å². The van der Waals surface area contributed by atoms with Gasteiger partial charge in [0.05, 0.1) is 12.8 Å². The van der Waals surface area contributed by atoms with Crippen molar-refractivity contribution < 1.29 is 9.53 Å².